The van der Waals surface area contributed by atoms with Crippen molar-refractivity contribution in [1.29, 1.82) is 0 Å². The average molecular weight is 213 g/mol. The van der Waals surface area contributed by atoms with E-state index in [0.717, 1.165) is 19.6 Å². The molecule has 0 atom stereocenters. The molecule has 0 bridgehead atoms. The fourth-order valence-corrected chi connectivity index (χ4v) is 0.805. The van der Waals surface area contributed by atoms with Crippen LogP contribution in [0.4, 0.5) is 0 Å². The van der Waals surface area contributed by atoms with Crippen LogP contribution in [0.3, 0.4) is 0 Å². The fourth-order valence-electron chi connectivity index (χ4n) is 0.805. The molecule has 0 saturated heterocycles. The first kappa shape index (κ1) is 17.9. The van der Waals surface area contributed by atoms with E-state index < -0.39 is 0 Å². The van der Waals surface area contributed by atoms with Crippen molar-refractivity contribution in [2.45, 2.75) is 0 Å². The second-order valence-corrected chi connectivity index (χ2v) is 2.13. The molecule has 0 spiro atoms. The molecule has 0 aliphatic rings. The minimum Gasteiger partial charge on any atom is -0.329 e. The fraction of sp³-hybridized carbons (Fsp3) is 0.500. The first-order valence-electron chi connectivity index (χ1n) is 3.49. The van der Waals surface area contributed by atoms with Crippen molar-refractivity contribution in [2.75, 3.05) is 26.2 Å². The molecule has 2 nitrogen and oxygen atoms in total. The summed E-state index contributed by atoms with van der Waals surface area (Å²) in [7, 11) is 0. The summed E-state index contributed by atoms with van der Waals surface area (Å²) in [5.41, 5.74) is 5.38. The minimum atomic E-state index is 0. The molecule has 0 aromatic heterocycles. The van der Waals surface area contributed by atoms with Crippen LogP contribution in [0.15, 0.2) is 25.3 Å². The van der Waals surface area contributed by atoms with Gasteiger partial charge in [-0.25, -0.2) is 0 Å². The van der Waals surface area contributed by atoms with Crippen molar-refractivity contribution < 1.29 is 0 Å². The normalized spacial score (nSPS) is 8.17. The predicted octanol–water partition coefficient (Wildman–Crippen LogP) is 1.46. The monoisotopic (exact) mass is 212 g/mol. The average Bonchev–Trinajstić information content (AvgIpc) is 1.90. The molecule has 0 rings (SSSR count). The zero-order chi connectivity index (χ0) is 7.82. The highest BCUT2D eigenvalue weighted by Gasteiger charge is 1.95. The maximum atomic E-state index is 5.38. The molecular weight excluding hydrogens is 195 g/mol. The lowest BCUT2D eigenvalue weighted by atomic mass is 10.4. The summed E-state index contributed by atoms with van der Waals surface area (Å²) in [6.07, 6.45) is 3.75. The Morgan fingerprint density at radius 3 is 1.75 bits per heavy atom. The number of halogens is 2. The summed E-state index contributed by atoms with van der Waals surface area (Å²) in [4.78, 5) is 2.18. The van der Waals surface area contributed by atoms with Gasteiger partial charge in [0.1, 0.15) is 0 Å². The van der Waals surface area contributed by atoms with Gasteiger partial charge in [0.15, 0.2) is 0 Å². The van der Waals surface area contributed by atoms with Gasteiger partial charge in [0.2, 0.25) is 0 Å². The lowest BCUT2D eigenvalue weighted by Gasteiger charge is -2.16. The van der Waals surface area contributed by atoms with Gasteiger partial charge in [0, 0.05) is 26.2 Å². The molecule has 0 fully saturated rings. The highest BCUT2D eigenvalue weighted by molar-refractivity contribution is 5.85. The molecule has 12 heavy (non-hydrogen) atoms. The lowest BCUT2D eigenvalue weighted by Crippen LogP contribution is -2.29. The molecule has 0 aliphatic heterocycles. The van der Waals surface area contributed by atoms with Crippen LogP contribution in [0.1, 0.15) is 0 Å². The maximum absolute atomic E-state index is 5.38. The lowest BCUT2D eigenvalue weighted by molar-refractivity contribution is 0.345. The van der Waals surface area contributed by atoms with E-state index in [2.05, 4.69) is 18.1 Å². The molecule has 2 N–H and O–H groups in total. The summed E-state index contributed by atoms with van der Waals surface area (Å²) in [6, 6.07) is 0. The zero-order valence-corrected chi connectivity index (χ0v) is 8.87. The van der Waals surface area contributed by atoms with Crippen LogP contribution in [-0.2, 0) is 0 Å². The minimum absolute atomic E-state index is 0. The first-order chi connectivity index (χ1) is 4.85. The van der Waals surface area contributed by atoms with Crippen molar-refractivity contribution in [1.82, 2.24) is 4.90 Å². The molecule has 0 amide bonds. The summed E-state index contributed by atoms with van der Waals surface area (Å²) < 4.78 is 0. The molecule has 0 aromatic rings. The van der Waals surface area contributed by atoms with Gasteiger partial charge in [-0.2, -0.15) is 0 Å². The Morgan fingerprint density at radius 2 is 1.50 bits per heavy atom. The third-order valence-electron chi connectivity index (χ3n) is 1.22. The number of rotatable bonds is 6. The Kier molecular flexibility index (Phi) is 20.2. The third-order valence-corrected chi connectivity index (χ3v) is 1.22. The smallest absolute Gasteiger partial charge is 0.0164 e. The van der Waals surface area contributed by atoms with Crippen LogP contribution < -0.4 is 5.73 Å². The Morgan fingerprint density at radius 1 is 1.08 bits per heavy atom. The van der Waals surface area contributed by atoms with Gasteiger partial charge in [-0.3, -0.25) is 4.90 Å². The molecule has 4 heteroatoms. The molecule has 0 saturated carbocycles. The van der Waals surface area contributed by atoms with Gasteiger partial charge in [-0.1, -0.05) is 12.2 Å². The number of nitrogens with two attached hydrogens (primary N) is 1. The Labute approximate surface area is 87.3 Å². The van der Waals surface area contributed by atoms with Crippen LogP contribution >= 0.6 is 24.8 Å². The Balaban J connectivity index is -0.000000405. The first-order valence-corrected chi connectivity index (χ1v) is 3.49. The van der Waals surface area contributed by atoms with Gasteiger partial charge in [0.25, 0.3) is 0 Å². The van der Waals surface area contributed by atoms with E-state index in [1.807, 2.05) is 12.2 Å². The van der Waals surface area contributed by atoms with Gasteiger partial charge in [-0.15, -0.1) is 38.0 Å². The van der Waals surface area contributed by atoms with Crippen LogP contribution in [0.5, 0.6) is 0 Å². The summed E-state index contributed by atoms with van der Waals surface area (Å²) in [5.74, 6) is 0. The highest BCUT2D eigenvalue weighted by atomic mass is 35.5. The maximum Gasteiger partial charge on any atom is 0.0164 e. The second kappa shape index (κ2) is 13.6. The summed E-state index contributed by atoms with van der Waals surface area (Å²) in [5, 5.41) is 0. The Bertz CT molecular complexity index is 97.2. The van der Waals surface area contributed by atoms with Crippen LogP contribution in [-0.4, -0.2) is 31.1 Å². The molecule has 0 aromatic carbocycles. The summed E-state index contributed by atoms with van der Waals surface area (Å²) in [6.45, 7) is 10.7. The van der Waals surface area contributed by atoms with Gasteiger partial charge >= 0.3 is 0 Å². The van der Waals surface area contributed by atoms with Gasteiger partial charge < -0.3 is 5.73 Å². The largest absolute Gasteiger partial charge is 0.329 e. The van der Waals surface area contributed by atoms with Crippen molar-refractivity contribution in [3.63, 3.8) is 0 Å². The van der Waals surface area contributed by atoms with Crippen LogP contribution in [0.25, 0.3) is 0 Å². The predicted molar refractivity (Wildman–Crippen MR) is 60.4 cm³/mol. The van der Waals surface area contributed by atoms with E-state index in [-0.39, 0.29) is 24.8 Å². The zero-order valence-electron chi connectivity index (χ0n) is 7.24. The van der Waals surface area contributed by atoms with Crippen molar-refractivity contribution in [2.24, 2.45) is 5.73 Å². The molecular formula is C8H18Cl2N2. The Hall–Kier alpha value is -0.0200. The van der Waals surface area contributed by atoms with Crippen LogP contribution in [0.2, 0.25) is 0 Å². The van der Waals surface area contributed by atoms with Crippen LogP contribution in [0, 0.1) is 0 Å². The van der Waals surface area contributed by atoms with Crippen molar-refractivity contribution in [3.05, 3.63) is 25.3 Å². The standard InChI is InChI=1S/C8H16N2.2ClH/c1-3-6-10(7-4-2)8-5-9;;/h3-4H,1-2,5-9H2;2*1H. The van der Waals surface area contributed by atoms with E-state index >= 15 is 0 Å². The quantitative estimate of drug-likeness (QED) is 0.677. The van der Waals surface area contributed by atoms with E-state index in [0.29, 0.717) is 6.54 Å². The number of hydrogen-bond acceptors (Lipinski definition) is 2. The summed E-state index contributed by atoms with van der Waals surface area (Å²) >= 11 is 0. The van der Waals surface area contributed by atoms with E-state index in [4.69, 9.17) is 5.73 Å². The van der Waals surface area contributed by atoms with Gasteiger partial charge in [0.05, 0.1) is 0 Å². The topological polar surface area (TPSA) is 29.3 Å². The SMILES string of the molecule is C=CCN(CC=C)CCN.Cl.Cl. The van der Waals surface area contributed by atoms with E-state index in [1.54, 1.807) is 0 Å². The molecule has 0 heterocycles. The van der Waals surface area contributed by atoms with Crippen molar-refractivity contribution >= 4 is 24.8 Å². The molecule has 0 radical (unpaired) electrons. The highest BCUT2D eigenvalue weighted by Crippen LogP contribution is 1.86. The number of nitrogens with zero attached hydrogens (tertiary/aromatic N) is 1. The van der Waals surface area contributed by atoms with E-state index in [9.17, 15) is 0 Å². The number of hydrogen-bond donors (Lipinski definition) is 1. The van der Waals surface area contributed by atoms with Crippen molar-refractivity contribution in [3.8, 4) is 0 Å². The molecule has 0 unspecified atom stereocenters. The molecule has 0 aliphatic carbocycles. The van der Waals surface area contributed by atoms with Gasteiger partial charge in [-0.05, 0) is 0 Å². The third kappa shape index (κ3) is 9.98. The second-order valence-electron chi connectivity index (χ2n) is 2.13. The van der Waals surface area contributed by atoms with E-state index in [1.165, 1.54) is 0 Å². The molecule has 74 valence electrons.